The fraction of sp³-hybridized carbons (Fsp3) is 0. The quantitative estimate of drug-likeness (QED) is 0.611. The molecule has 0 unspecified atom stereocenters. The van der Waals surface area contributed by atoms with Crippen molar-refractivity contribution in [1.82, 2.24) is 14.8 Å². The van der Waals surface area contributed by atoms with Crippen LogP contribution in [0.15, 0.2) is 45.2 Å². The van der Waals surface area contributed by atoms with Crippen LogP contribution in [0.3, 0.4) is 0 Å². The first-order valence-corrected chi connectivity index (χ1v) is 8.73. The van der Waals surface area contributed by atoms with E-state index in [1.54, 1.807) is 35.3 Å². The van der Waals surface area contributed by atoms with E-state index in [4.69, 9.17) is 11.6 Å². The topological polar surface area (TPSA) is 59.8 Å². The molecule has 0 aliphatic heterocycles. The van der Waals surface area contributed by atoms with E-state index in [1.165, 1.54) is 17.7 Å². The van der Waals surface area contributed by atoms with E-state index in [9.17, 15) is 4.79 Å². The lowest BCUT2D eigenvalue weighted by molar-refractivity contribution is 0.103. The maximum Gasteiger partial charge on any atom is 0.265 e. The van der Waals surface area contributed by atoms with Crippen molar-refractivity contribution in [2.75, 3.05) is 5.32 Å². The van der Waals surface area contributed by atoms with Gasteiger partial charge in [0.2, 0.25) is 0 Å². The van der Waals surface area contributed by atoms with Gasteiger partial charge in [0.05, 0.1) is 20.0 Å². The van der Waals surface area contributed by atoms with E-state index in [2.05, 4.69) is 47.3 Å². The van der Waals surface area contributed by atoms with E-state index in [-0.39, 0.29) is 5.91 Å². The van der Waals surface area contributed by atoms with Gasteiger partial charge in [-0.25, -0.2) is 9.67 Å². The highest BCUT2D eigenvalue weighted by atomic mass is 79.9. The number of hydrogen-bond acceptors (Lipinski definition) is 4. The Labute approximate surface area is 151 Å². The molecule has 112 valence electrons. The summed E-state index contributed by atoms with van der Waals surface area (Å²) in [6.07, 6.45) is 2.98. The summed E-state index contributed by atoms with van der Waals surface area (Å²) in [7, 11) is 0. The molecule has 1 aromatic carbocycles. The largest absolute Gasteiger partial charge is 0.319 e. The van der Waals surface area contributed by atoms with Crippen LogP contribution in [0.2, 0.25) is 5.02 Å². The zero-order valence-electron chi connectivity index (χ0n) is 10.8. The second kappa shape index (κ2) is 6.49. The summed E-state index contributed by atoms with van der Waals surface area (Å²) in [5.74, 6) is -0.222. The predicted molar refractivity (Wildman–Crippen MR) is 94.0 cm³/mol. The first-order chi connectivity index (χ1) is 10.5. The number of nitrogens with one attached hydrogen (secondary N) is 1. The molecule has 3 aromatic rings. The minimum absolute atomic E-state index is 0.222. The lowest BCUT2D eigenvalue weighted by Crippen LogP contribution is -2.12. The van der Waals surface area contributed by atoms with Gasteiger partial charge >= 0.3 is 0 Å². The predicted octanol–water partition coefficient (Wildman–Crippen LogP) is 4.76. The van der Waals surface area contributed by atoms with Gasteiger partial charge in [-0.05, 0) is 56.1 Å². The number of carbonyl (C=O) groups excluding carboxylic acids is 1. The van der Waals surface area contributed by atoms with Crippen molar-refractivity contribution in [2.24, 2.45) is 0 Å². The van der Waals surface area contributed by atoms with Crippen LogP contribution in [0.4, 0.5) is 5.69 Å². The van der Waals surface area contributed by atoms with E-state index in [0.717, 1.165) is 8.26 Å². The van der Waals surface area contributed by atoms with Crippen LogP contribution in [0, 0.1) is 0 Å². The molecular weight excluding hydrogens is 455 g/mol. The van der Waals surface area contributed by atoms with Crippen LogP contribution in [0.25, 0.3) is 5.69 Å². The molecule has 3 rings (SSSR count). The molecule has 2 aromatic heterocycles. The van der Waals surface area contributed by atoms with Gasteiger partial charge in [0.25, 0.3) is 5.91 Å². The highest BCUT2D eigenvalue weighted by molar-refractivity contribution is 9.13. The molecule has 0 spiro atoms. The fourth-order valence-electron chi connectivity index (χ4n) is 1.78. The normalized spacial score (nSPS) is 10.7. The maximum absolute atomic E-state index is 12.4. The third-order valence-electron chi connectivity index (χ3n) is 2.74. The molecule has 0 aliphatic carbocycles. The minimum atomic E-state index is -0.222. The van der Waals surface area contributed by atoms with Crippen LogP contribution in [-0.4, -0.2) is 20.7 Å². The fourth-order valence-corrected chi connectivity index (χ4v) is 3.89. The minimum Gasteiger partial charge on any atom is -0.319 e. The molecule has 0 saturated heterocycles. The van der Waals surface area contributed by atoms with Crippen molar-refractivity contribution in [3.8, 4) is 5.69 Å². The first-order valence-electron chi connectivity index (χ1n) is 5.95. The number of nitrogens with zero attached hydrogens (tertiary/aromatic N) is 3. The van der Waals surface area contributed by atoms with E-state index < -0.39 is 0 Å². The highest BCUT2D eigenvalue weighted by Crippen LogP contribution is 2.33. The number of thiophene rings is 1. The van der Waals surface area contributed by atoms with Crippen molar-refractivity contribution in [1.29, 1.82) is 0 Å². The summed E-state index contributed by atoms with van der Waals surface area (Å²) in [5.41, 5.74) is 1.24. The molecule has 0 radical (unpaired) electrons. The SMILES string of the molecule is O=C(Nc1cc(Cl)ccc1-n1cncn1)c1cc(Br)c(Br)s1. The zero-order chi connectivity index (χ0) is 15.7. The van der Waals surface area contributed by atoms with Crippen LogP contribution < -0.4 is 5.32 Å². The van der Waals surface area contributed by atoms with Gasteiger partial charge in [-0.1, -0.05) is 11.6 Å². The monoisotopic (exact) mass is 460 g/mol. The standard InChI is InChI=1S/C13H7Br2ClN4OS/c14-8-4-11(22-12(8)15)13(21)19-9-3-7(16)1-2-10(9)20-6-17-5-18-20/h1-6H,(H,19,21). The Morgan fingerprint density at radius 3 is 2.77 bits per heavy atom. The van der Waals surface area contributed by atoms with Crippen LogP contribution in [-0.2, 0) is 0 Å². The van der Waals surface area contributed by atoms with Crippen molar-refractivity contribution in [3.63, 3.8) is 0 Å². The van der Waals surface area contributed by atoms with Crippen molar-refractivity contribution in [3.05, 3.63) is 55.1 Å². The third-order valence-corrected chi connectivity index (χ3v) is 6.23. The summed E-state index contributed by atoms with van der Waals surface area (Å²) in [6.45, 7) is 0. The lowest BCUT2D eigenvalue weighted by atomic mass is 10.2. The molecule has 1 N–H and O–H groups in total. The lowest BCUT2D eigenvalue weighted by Gasteiger charge is -2.10. The van der Waals surface area contributed by atoms with E-state index in [0.29, 0.717) is 21.3 Å². The average molecular weight is 463 g/mol. The summed E-state index contributed by atoms with van der Waals surface area (Å²) >= 11 is 14.1. The number of aromatic nitrogens is 3. The Bertz CT molecular complexity index is 815. The zero-order valence-corrected chi connectivity index (χ0v) is 15.5. The smallest absolute Gasteiger partial charge is 0.265 e. The molecule has 0 saturated carbocycles. The summed E-state index contributed by atoms with van der Waals surface area (Å²) in [4.78, 5) is 16.9. The number of anilines is 1. The van der Waals surface area contributed by atoms with Crippen LogP contribution in [0.5, 0.6) is 0 Å². The molecule has 0 atom stereocenters. The molecule has 22 heavy (non-hydrogen) atoms. The number of hydrogen-bond donors (Lipinski definition) is 1. The highest BCUT2D eigenvalue weighted by Gasteiger charge is 2.15. The molecule has 1 amide bonds. The Hall–Kier alpha value is -1.22. The molecule has 2 heterocycles. The van der Waals surface area contributed by atoms with Crippen LogP contribution in [0.1, 0.15) is 9.67 Å². The number of benzene rings is 1. The Balaban J connectivity index is 1.94. The van der Waals surface area contributed by atoms with Crippen molar-refractivity contribution >= 4 is 66.4 Å². The van der Waals surface area contributed by atoms with Gasteiger partial charge in [-0.2, -0.15) is 5.10 Å². The molecular formula is C13H7Br2ClN4OS. The van der Waals surface area contributed by atoms with Gasteiger partial charge in [-0.15, -0.1) is 11.3 Å². The molecule has 0 aliphatic rings. The van der Waals surface area contributed by atoms with Crippen molar-refractivity contribution < 1.29 is 4.79 Å². The number of rotatable bonds is 3. The van der Waals surface area contributed by atoms with E-state index in [1.807, 2.05) is 0 Å². The maximum atomic E-state index is 12.4. The average Bonchev–Trinajstić information content (AvgIpc) is 3.10. The van der Waals surface area contributed by atoms with Gasteiger partial charge < -0.3 is 5.32 Å². The molecule has 0 fully saturated rings. The van der Waals surface area contributed by atoms with Gasteiger partial charge in [0, 0.05) is 9.50 Å². The molecule has 5 nitrogen and oxygen atoms in total. The first kappa shape index (κ1) is 15.7. The number of halogens is 3. The summed E-state index contributed by atoms with van der Waals surface area (Å²) in [6, 6.07) is 6.93. The van der Waals surface area contributed by atoms with Gasteiger partial charge in [0.15, 0.2) is 0 Å². The molecule has 0 bridgehead atoms. The number of carbonyl (C=O) groups is 1. The van der Waals surface area contributed by atoms with Crippen molar-refractivity contribution in [2.45, 2.75) is 0 Å². The summed E-state index contributed by atoms with van der Waals surface area (Å²) in [5, 5.41) is 7.45. The van der Waals surface area contributed by atoms with E-state index >= 15 is 0 Å². The van der Waals surface area contributed by atoms with Gasteiger partial charge in [0.1, 0.15) is 12.7 Å². The Morgan fingerprint density at radius 1 is 1.32 bits per heavy atom. The summed E-state index contributed by atoms with van der Waals surface area (Å²) < 4.78 is 3.26. The number of amides is 1. The Morgan fingerprint density at radius 2 is 2.14 bits per heavy atom. The third kappa shape index (κ3) is 3.24. The van der Waals surface area contributed by atoms with Crippen LogP contribution >= 0.6 is 54.8 Å². The Kier molecular flexibility index (Phi) is 4.62. The molecule has 9 heteroatoms. The second-order valence-corrected chi connectivity index (χ2v) is 7.85. The second-order valence-electron chi connectivity index (χ2n) is 4.19. The van der Waals surface area contributed by atoms with Gasteiger partial charge in [-0.3, -0.25) is 4.79 Å².